The zero-order valence-corrected chi connectivity index (χ0v) is 14.0. The molecule has 0 saturated carbocycles. The lowest BCUT2D eigenvalue weighted by molar-refractivity contribution is -0.274. The van der Waals surface area contributed by atoms with E-state index in [1.165, 1.54) is 18.2 Å². The van der Waals surface area contributed by atoms with E-state index >= 15 is 0 Å². The Balaban J connectivity index is 1.98. The number of alkyl halides is 3. The van der Waals surface area contributed by atoms with Crippen molar-refractivity contribution in [1.82, 2.24) is 35.7 Å². The summed E-state index contributed by atoms with van der Waals surface area (Å²) in [4.78, 5) is 13.2. The third-order valence-electron chi connectivity index (χ3n) is 3.25. The number of benzene rings is 1. The van der Waals surface area contributed by atoms with E-state index in [4.69, 9.17) is 4.11 Å². The fourth-order valence-electron chi connectivity index (χ4n) is 2.15. The van der Waals surface area contributed by atoms with Crippen LogP contribution in [-0.4, -0.2) is 49.6 Å². The van der Waals surface area contributed by atoms with Crippen LogP contribution in [0.15, 0.2) is 30.5 Å². The van der Waals surface area contributed by atoms with Gasteiger partial charge in [-0.05, 0) is 30.3 Å². The maximum atomic E-state index is 12.9. The van der Waals surface area contributed by atoms with E-state index in [-0.39, 0.29) is 17.1 Å². The third kappa shape index (κ3) is 4.31. The van der Waals surface area contributed by atoms with Crippen LogP contribution >= 0.6 is 0 Å². The van der Waals surface area contributed by atoms with Crippen molar-refractivity contribution in [1.29, 1.82) is 0 Å². The van der Waals surface area contributed by atoms with Crippen molar-refractivity contribution in [3.8, 4) is 11.4 Å². The van der Waals surface area contributed by atoms with Gasteiger partial charge in [-0.1, -0.05) is 0 Å². The molecule has 3 aromatic rings. The van der Waals surface area contributed by atoms with E-state index in [9.17, 15) is 18.0 Å². The second-order valence-electron chi connectivity index (χ2n) is 5.23. The van der Waals surface area contributed by atoms with Crippen LogP contribution in [0.5, 0.6) is 5.75 Å². The molecule has 0 bridgehead atoms. The molecule has 10 nitrogen and oxygen atoms in total. The van der Waals surface area contributed by atoms with Crippen molar-refractivity contribution in [2.45, 2.75) is 13.3 Å². The first kappa shape index (κ1) is 15.3. The van der Waals surface area contributed by atoms with E-state index in [1.807, 2.05) is 0 Å². The highest BCUT2D eigenvalue weighted by atomic mass is 19.4. The second-order valence-corrected chi connectivity index (χ2v) is 5.23. The summed E-state index contributed by atoms with van der Waals surface area (Å²) in [6.07, 6.45) is -3.87. The van der Waals surface area contributed by atoms with Gasteiger partial charge in [0.2, 0.25) is 0 Å². The average molecular weight is 397 g/mol. The van der Waals surface area contributed by atoms with E-state index in [0.29, 0.717) is 5.82 Å². The number of hydrogen-bond donors (Lipinski definition) is 2. The molecular formula is C15H13F3N8O2. The number of ether oxygens (including phenoxy) is 1. The molecule has 28 heavy (non-hydrogen) atoms. The van der Waals surface area contributed by atoms with Crippen LogP contribution in [0.1, 0.15) is 20.4 Å². The van der Waals surface area contributed by atoms with Crippen molar-refractivity contribution in [2.75, 3.05) is 12.3 Å². The Kier molecular flexibility index (Phi) is 4.08. The number of tetrazole rings is 1. The average Bonchev–Trinajstić information content (AvgIpc) is 3.07. The molecule has 0 atom stereocenters. The zero-order valence-electron chi connectivity index (χ0n) is 17.0. The van der Waals surface area contributed by atoms with Crippen LogP contribution in [0, 0.1) is 6.92 Å². The Hall–Kier alpha value is -3.77. The lowest BCUT2D eigenvalue weighted by Crippen LogP contribution is -2.21. The number of halogens is 3. The number of aryl methyl sites for hydroxylation is 1. The monoisotopic (exact) mass is 397 g/mol. The highest BCUT2D eigenvalue weighted by molar-refractivity contribution is 5.98. The lowest BCUT2D eigenvalue weighted by Gasteiger charge is -2.16. The number of rotatable bonds is 5. The number of aromatic nitrogens is 6. The minimum atomic E-state index is -5.03. The van der Waals surface area contributed by atoms with Crippen LogP contribution in [0.3, 0.4) is 0 Å². The van der Waals surface area contributed by atoms with Crippen molar-refractivity contribution in [3.05, 3.63) is 42.0 Å². The van der Waals surface area contributed by atoms with E-state index in [2.05, 4.69) is 35.7 Å². The van der Waals surface area contributed by atoms with E-state index in [1.54, 1.807) is 12.2 Å². The van der Waals surface area contributed by atoms with Crippen molar-refractivity contribution in [3.63, 3.8) is 0 Å². The zero-order chi connectivity index (χ0) is 22.8. The predicted molar refractivity (Wildman–Crippen MR) is 89.3 cm³/mol. The Bertz CT molecular complexity index is 1100. The molecule has 13 heteroatoms. The number of hydrogen-bond acceptors (Lipinski definition) is 8. The number of nitrogens with zero attached hydrogens (tertiary/aromatic N) is 6. The SMILES string of the molecule is [2H]C([2H])([2H])NC(=O)c1nnccc1Nc1ccc(-n2nnc(C)n2)cc1OC(F)(F)F. The maximum absolute atomic E-state index is 12.9. The number of nitrogens with one attached hydrogen (secondary N) is 2. The van der Waals surface area contributed by atoms with Crippen molar-refractivity contribution < 1.29 is 26.8 Å². The largest absolute Gasteiger partial charge is 0.573 e. The summed E-state index contributed by atoms with van der Waals surface area (Å²) in [5, 5.41) is 22.6. The van der Waals surface area contributed by atoms with Crippen LogP contribution in [0.4, 0.5) is 24.5 Å². The van der Waals surface area contributed by atoms with Gasteiger partial charge in [0.15, 0.2) is 17.3 Å². The molecule has 2 heterocycles. The summed E-state index contributed by atoms with van der Waals surface area (Å²) >= 11 is 0. The lowest BCUT2D eigenvalue weighted by atomic mass is 10.2. The summed E-state index contributed by atoms with van der Waals surface area (Å²) in [5.74, 6) is -1.47. The number of carbonyl (C=O) groups is 1. The van der Waals surface area contributed by atoms with Gasteiger partial charge in [-0.2, -0.15) is 5.10 Å². The molecule has 2 aromatic heterocycles. The minimum absolute atomic E-state index is 0.105. The van der Waals surface area contributed by atoms with Crippen LogP contribution < -0.4 is 15.4 Å². The molecule has 1 amide bonds. The minimum Gasteiger partial charge on any atom is -0.403 e. The fourth-order valence-corrected chi connectivity index (χ4v) is 2.15. The normalized spacial score (nSPS) is 13.2. The van der Waals surface area contributed by atoms with E-state index in [0.717, 1.165) is 17.1 Å². The smallest absolute Gasteiger partial charge is 0.403 e. The highest BCUT2D eigenvalue weighted by Gasteiger charge is 2.32. The van der Waals surface area contributed by atoms with E-state index < -0.39 is 30.7 Å². The van der Waals surface area contributed by atoms with Gasteiger partial charge in [0.05, 0.1) is 23.3 Å². The van der Waals surface area contributed by atoms with Crippen molar-refractivity contribution >= 4 is 17.3 Å². The van der Waals surface area contributed by atoms with Crippen LogP contribution in [0.25, 0.3) is 5.69 Å². The summed E-state index contributed by atoms with van der Waals surface area (Å²) < 4.78 is 64.2. The molecule has 3 rings (SSSR count). The standard InChI is InChI=1S/C15H13F3N8O2/c1-8-22-25-26(24-8)9-3-4-10(12(7-9)28-15(16,17)18)21-11-5-6-20-23-13(11)14(27)19-2/h3-7H,1-2H3,(H,19,27)(H,20,21)/i2D3. The summed E-state index contributed by atoms with van der Waals surface area (Å²) in [5.41, 5.74) is -0.632. The Morgan fingerprint density at radius 1 is 1.25 bits per heavy atom. The third-order valence-corrected chi connectivity index (χ3v) is 3.25. The van der Waals surface area contributed by atoms with Crippen molar-refractivity contribution in [2.24, 2.45) is 0 Å². The van der Waals surface area contributed by atoms with Gasteiger partial charge in [0.25, 0.3) is 5.91 Å². The molecule has 0 radical (unpaired) electrons. The van der Waals surface area contributed by atoms with Gasteiger partial charge in [-0.3, -0.25) is 4.79 Å². The summed E-state index contributed by atoms with van der Waals surface area (Å²) in [6, 6.07) is 4.84. The molecule has 0 aliphatic rings. The summed E-state index contributed by atoms with van der Waals surface area (Å²) in [6.45, 7) is -1.25. The Morgan fingerprint density at radius 2 is 2.07 bits per heavy atom. The van der Waals surface area contributed by atoms with Crippen LogP contribution in [-0.2, 0) is 0 Å². The highest BCUT2D eigenvalue weighted by Crippen LogP contribution is 2.34. The predicted octanol–water partition coefficient (Wildman–Crippen LogP) is 1.76. The fraction of sp³-hybridized carbons (Fsp3) is 0.200. The Labute approximate surface area is 159 Å². The van der Waals surface area contributed by atoms with Gasteiger partial charge in [-0.15, -0.1) is 33.3 Å². The molecule has 2 N–H and O–H groups in total. The first-order valence-electron chi connectivity index (χ1n) is 8.99. The molecule has 0 aliphatic carbocycles. The summed E-state index contributed by atoms with van der Waals surface area (Å²) in [7, 11) is 0. The van der Waals surface area contributed by atoms with Gasteiger partial charge in [0, 0.05) is 17.2 Å². The Morgan fingerprint density at radius 3 is 2.75 bits per heavy atom. The molecule has 0 unspecified atom stereocenters. The first-order valence-corrected chi connectivity index (χ1v) is 7.49. The number of anilines is 2. The maximum Gasteiger partial charge on any atom is 0.573 e. The van der Waals surface area contributed by atoms with Gasteiger partial charge >= 0.3 is 6.36 Å². The molecule has 0 saturated heterocycles. The molecular weight excluding hydrogens is 381 g/mol. The van der Waals surface area contributed by atoms with Gasteiger partial charge < -0.3 is 15.4 Å². The first-order chi connectivity index (χ1) is 14.4. The molecule has 1 aromatic carbocycles. The van der Waals surface area contributed by atoms with Gasteiger partial charge in [0.1, 0.15) is 0 Å². The van der Waals surface area contributed by atoms with Gasteiger partial charge in [-0.25, -0.2) is 0 Å². The molecule has 146 valence electrons. The topological polar surface area (TPSA) is 120 Å². The molecule has 0 fully saturated rings. The quantitative estimate of drug-likeness (QED) is 0.668. The second kappa shape index (κ2) is 7.46. The number of carbonyl (C=O) groups excluding carboxylic acids is 1. The number of amides is 1. The van der Waals surface area contributed by atoms with Crippen LogP contribution in [0.2, 0.25) is 0 Å². The molecule has 0 aliphatic heterocycles. The molecule has 0 spiro atoms.